The van der Waals surface area contributed by atoms with Crippen LogP contribution in [0.1, 0.15) is 25.8 Å². The fraction of sp³-hybridized carbons (Fsp3) is 0.150. The van der Waals surface area contributed by atoms with Crippen LogP contribution < -0.4 is 10.6 Å². The van der Waals surface area contributed by atoms with Gasteiger partial charge in [-0.2, -0.15) is 0 Å². The maximum absolute atomic E-state index is 12.0. The van der Waals surface area contributed by atoms with Crippen LogP contribution in [0.4, 0.5) is 5.00 Å². The van der Waals surface area contributed by atoms with Crippen LogP contribution in [0.25, 0.3) is 0 Å². The van der Waals surface area contributed by atoms with Crippen molar-refractivity contribution in [3.63, 3.8) is 0 Å². The molecule has 0 atom stereocenters. The van der Waals surface area contributed by atoms with Gasteiger partial charge in [0.1, 0.15) is 4.88 Å². The lowest BCUT2D eigenvalue weighted by molar-refractivity contribution is -0.124. The van der Waals surface area contributed by atoms with Crippen molar-refractivity contribution in [1.82, 2.24) is 5.32 Å². The highest BCUT2D eigenvalue weighted by molar-refractivity contribution is 7.18. The van der Waals surface area contributed by atoms with Gasteiger partial charge in [-0.15, -0.1) is 11.3 Å². The molecule has 2 heterocycles. The Bertz CT molecular complexity index is 935. The summed E-state index contributed by atoms with van der Waals surface area (Å²) in [6, 6.07) is 16.0. The molecule has 0 aliphatic heterocycles. The monoisotopic (exact) mass is 398 g/mol. The molecule has 7 nitrogen and oxygen atoms in total. The molecule has 0 radical (unpaired) electrons. The molecule has 2 amide bonds. The summed E-state index contributed by atoms with van der Waals surface area (Å²) in [4.78, 5) is 36.0. The molecule has 8 heteroatoms. The van der Waals surface area contributed by atoms with E-state index in [4.69, 9.17) is 9.15 Å². The van der Waals surface area contributed by atoms with Gasteiger partial charge >= 0.3 is 5.97 Å². The molecule has 28 heavy (non-hydrogen) atoms. The van der Waals surface area contributed by atoms with Crippen LogP contribution in [0.15, 0.2) is 65.3 Å². The number of amides is 2. The van der Waals surface area contributed by atoms with Gasteiger partial charge in [-0.25, -0.2) is 4.79 Å². The predicted molar refractivity (Wildman–Crippen MR) is 104 cm³/mol. The Morgan fingerprint density at radius 1 is 1.00 bits per heavy atom. The molecule has 0 aliphatic rings. The number of hydrogen-bond donors (Lipinski definition) is 2. The number of furan rings is 1. The second kappa shape index (κ2) is 9.52. The van der Waals surface area contributed by atoms with Crippen molar-refractivity contribution in [2.24, 2.45) is 0 Å². The van der Waals surface area contributed by atoms with Crippen molar-refractivity contribution < 1.29 is 23.5 Å². The first-order valence-corrected chi connectivity index (χ1v) is 9.36. The molecule has 3 aromatic rings. The Morgan fingerprint density at radius 3 is 2.57 bits per heavy atom. The van der Waals surface area contributed by atoms with E-state index in [9.17, 15) is 14.4 Å². The van der Waals surface area contributed by atoms with Crippen LogP contribution in [0.3, 0.4) is 0 Å². The Labute approximate surface area is 165 Å². The maximum Gasteiger partial charge on any atom is 0.348 e. The summed E-state index contributed by atoms with van der Waals surface area (Å²) in [6.45, 7) is 0.0992. The number of carbonyl (C=O) groups excluding carboxylic acids is 3. The van der Waals surface area contributed by atoms with Crippen LogP contribution >= 0.6 is 11.3 Å². The van der Waals surface area contributed by atoms with Crippen LogP contribution in [0, 0.1) is 0 Å². The second-order valence-electron chi connectivity index (χ2n) is 5.76. The molecule has 0 bridgehead atoms. The van der Waals surface area contributed by atoms with E-state index in [1.54, 1.807) is 12.1 Å². The number of anilines is 1. The molecule has 144 valence electrons. The van der Waals surface area contributed by atoms with Gasteiger partial charge < -0.3 is 19.8 Å². The molecular formula is C20H18N2O5S. The highest BCUT2D eigenvalue weighted by atomic mass is 32.1. The van der Waals surface area contributed by atoms with E-state index >= 15 is 0 Å². The average molecular weight is 398 g/mol. The minimum absolute atomic E-state index is 0.171. The van der Waals surface area contributed by atoms with Crippen molar-refractivity contribution >= 4 is 34.1 Å². The molecule has 2 N–H and O–H groups in total. The first kappa shape index (κ1) is 19.4. The standard InChI is InChI=1S/C20H18N2O5S/c23-17(21-11-10-14-5-2-1-3-6-14)13-27-20(25)16-8-9-18(28-16)22-19(24)15-7-4-12-26-15/h1-9,12H,10-11,13H2,(H,21,23)(H,22,24). The van der Waals surface area contributed by atoms with Crippen LogP contribution in [-0.4, -0.2) is 30.9 Å². The molecule has 0 fully saturated rings. The van der Waals surface area contributed by atoms with Crippen LogP contribution in [-0.2, 0) is 16.0 Å². The predicted octanol–water partition coefficient (Wildman–Crippen LogP) is 3.11. The second-order valence-corrected chi connectivity index (χ2v) is 6.84. The van der Waals surface area contributed by atoms with E-state index in [0.717, 1.165) is 16.9 Å². The Kier molecular flexibility index (Phi) is 6.59. The highest BCUT2D eigenvalue weighted by Gasteiger charge is 2.15. The summed E-state index contributed by atoms with van der Waals surface area (Å²) in [5.74, 6) is -1.23. The zero-order valence-electron chi connectivity index (χ0n) is 14.8. The summed E-state index contributed by atoms with van der Waals surface area (Å²) < 4.78 is 10.0. The van der Waals surface area contributed by atoms with Gasteiger partial charge in [0.25, 0.3) is 11.8 Å². The van der Waals surface area contributed by atoms with Crippen molar-refractivity contribution in [3.8, 4) is 0 Å². The summed E-state index contributed by atoms with van der Waals surface area (Å²) in [5, 5.41) is 5.80. The third kappa shape index (κ3) is 5.55. The lowest BCUT2D eigenvalue weighted by Crippen LogP contribution is -2.30. The van der Waals surface area contributed by atoms with E-state index in [0.29, 0.717) is 18.0 Å². The minimum atomic E-state index is -0.623. The van der Waals surface area contributed by atoms with Gasteiger partial charge in [0, 0.05) is 6.54 Å². The Balaban J connectivity index is 1.40. The smallest absolute Gasteiger partial charge is 0.348 e. The van der Waals surface area contributed by atoms with Crippen molar-refractivity contribution in [3.05, 3.63) is 77.1 Å². The topological polar surface area (TPSA) is 97.6 Å². The van der Waals surface area contributed by atoms with Crippen LogP contribution in [0.5, 0.6) is 0 Å². The first-order valence-electron chi connectivity index (χ1n) is 8.54. The maximum atomic E-state index is 12.0. The normalized spacial score (nSPS) is 10.3. The van der Waals surface area contributed by atoms with E-state index in [1.807, 2.05) is 30.3 Å². The lowest BCUT2D eigenvalue weighted by atomic mass is 10.1. The number of hydrogen-bond acceptors (Lipinski definition) is 6. The van der Waals surface area contributed by atoms with Gasteiger partial charge in [0.2, 0.25) is 0 Å². The molecule has 0 spiro atoms. The van der Waals surface area contributed by atoms with Crippen molar-refractivity contribution in [2.45, 2.75) is 6.42 Å². The number of nitrogens with one attached hydrogen (secondary N) is 2. The zero-order chi connectivity index (χ0) is 19.8. The lowest BCUT2D eigenvalue weighted by Gasteiger charge is -2.06. The van der Waals surface area contributed by atoms with Crippen molar-refractivity contribution in [2.75, 3.05) is 18.5 Å². The van der Waals surface area contributed by atoms with Gasteiger partial charge in [0.05, 0.1) is 11.3 Å². The molecule has 0 saturated carbocycles. The minimum Gasteiger partial charge on any atom is -0.459 e. The Hall–Kier alpha value is -3.39. The molecular weight excluding hydrogens is 380 g/mol. The number of ether oxygens (including phenoxy) is 1. The van der Waals surface area contributed by atoms with Gasteiger partial charge in [-0.1, -0.05) is 30.3 Å². The average Bonchev–Trinajstić information content (AvgIpc) is 3.39. The van der Waals surface area contributed by atoms with Crippen LogP contribution in [0.2, 0.25) is 0 Å². The molecule has 0 saturated heterocycles. The number of esters is 1. The number of benzene rings is 1. The summed E-state index contributed by atoms with van der Waals surface area (Å²) in [7, 11) is 0. The van der Waals surface area contributed by atoms with E-state index < -0.39 is 11.9 Å². The van der Waals surface area contributed by atoms with E-state index in [1.165, 1.54) is 18.4 Å². The molecule has 3 rings (SSSR count). The van der Waals surface area contributed by atoms with Gasteiger partial charge in [0.15, 0.2) is 12.4 Å². The van der Waals surface area contributed by atoms with E-state index in [2.05, 4.69) is 10.6 Å². The summed E-state index contributed by atoms with van der Waals surface area (Å²) in [5.41, 5.74) is 1.11. The molecule has 0 unspecified atom stereocenters. The fourth-order valence-electron chi connectivity index (χ4n) is 2.34. The summed E-state index contributed by atoms with van der Waals surface area (Å²) in [6.07, 6.45) is 2.10. The molecule has 2 aromatic heterocycles. The quantitative estimate of drug-likeness (QED) is 0.568. The SMILES string of the molecule is O=C(COC(=O)c1ccc(NC(=O)c2ccco2)s1)NCCc1ccccc1. The Morgan fingerprint density at radius 2 is 1.82 bits per heavy atom. The first-order chi connectivity index (χ1) is 13.6. The summed E-state index contributed by atoms with van der Waals surface area (Å²) >= 11 is 1.05. The zero-order valence-corrected chi connectivity index (χ0v) is 15.7. The largest absolute Gasteiger partial charge is 0.459 e. The van der Waals surface area contributed by atoms with Gasteiger partial charge in [-0.3, -0.25) is 9.59 Å². The fourth-order valence-corrected chi connectivity index (χ4v) is 3.14. The number of thiophene rings is 1. The van der Waals surface area contributed by atoms with E-state index in [-0.39, 0.29) is 23.2 Å². The van der Waals surface area contributed by atoms with Crippen molar-refractivity contribution in [1.29, 1.82) is 0 Å². The third-order valence-electron chi connectivity index (χ3n) is 3.70. The molecule has 0 aliphatic carbocycles. The number of rotatable bonds is 8. The number of carbonyl (C=O) groups is 3. The highest BCUT2D eigenvalue weighted by Crippen LogP contribution is 2.23. The third-order valence-corrected chi connectivity index (χ3v) is 4.68. The van der Waals surface area contributed by atoms with Gasteiger partial charge in [-0.05, 0) is 36.2 Å². The molecule has 1 aromatic carbocycles.